The Hall–Kier alpha value is -1.23. The van der Waals surface area contributed by atoms with Crippen molar-refractivity contribution in [3.63, 3.8) is 0 Å². The highest BCUT2D eigenvalue weighted by molar-refractivity contribution is 8.00. The fourth-order valence-corrected chi connectivity index (χ4v) is 2.14. The number of carbonyl (C=O) groups excluding carboxylic acids is 1. The number of nitrogen functional groups attached to an aromatic ring is 1. The monoisotopic (exact) mass is 253 g/mol. The molecule has 0 fully saturated rings. The van der Waals surface area contributed by atoms with Crippen LogP contribution in [-0.4, -0.2) is 22.7 Å². The van der Waals surface area contributed by atoms with Crippen molar-refractivity contribution in [1.29, 1.82) is 0 Å². The summed E-state index contributed by atoms with van der Waals surface area (Å²) in [5.41, 5.74) is 6.36. The van der Waals surface area contributed by atoms with E-state index in [1.54, 1.807) is 18.3 Å². The van der Waals surface area contributed by atoms with Gasteiger partial charge in [0.25, 0.3) is 0 Å². The molecular formula is C12H19N3OS. The topological polar surface area (TPSA) is 68.0 Å². The van der Waals surface area contributed by atoms with Crippen LogP contribution in [0.5, 0.6) is 0 Å². The van der Waals surface area contributed by atoms with Gasteiger partial charge >= 0.3 is 0 Å². The van der Waals surface area contributed by atoms with E-state index in [4.69, 9.17) is 5.73 Å². The van der Waals surface area contributed by atoms with Crippen molar-refractivity contribution in [3.05, 3.63) is 18.3 Å². The molecule has 1 rings (SSSR count). The first-order valence-corrected chi connectivity index (χ1v) is 6.78. The highest BCUT2D eigenvalue weighted by atomic mass is 32.2. The Morgan fingerprint density at radius 2 is 2.24 bits per heavy atom. The van der Waals surface area contributed by atoms with Gasteiger partial charge < -0.3 is 11.1 Å². The first-order valence-electron chi connectivity index (χ1n) is 5.80. The molecule has 1 heterocycles. The van der Waals surface area contributed by atoms with E-state index in [9.17, 15) is 4.79 Å². The zero-order chi connectivity index (χ0) is 12.7. The normalized spacial score (nSPS) is 10.5. The standard InChI is InChI=1S/C12H19N3OS/c1-3-9(4-2)15-11(16)8-17-12-10(13)6-5-7-14-12/h5-7,9H,3-4,8,13H2,1-2H3,(H,15,16). The Morgan fingerprint density at radius 1 is 1.53 bits per heavy atom. The number of carbonyl (C=O) groups is 1. The van der Waals surface area contributed by atoms with Gasteiger partial charge in [0.1, 0.15) is 5.03 Å². The number of aromatic nitrogens is 1. The van der Waals surface area contributed by atoms with Crippen LogP contribution in [0.1, 0.15) is 26.7 Å². The van der Waals surface area contributed by atoms with Crippen LogP contribution in [0.15, 0.2) is 23.4 Å². The molecule has 1 amide bonds. The van der Waals surface area contributed by atoms with Crippen LogP contribution in [0, 0.1) is 0 Å². The molecule has 0 aliphatic carbocycles. The fraction of sp³-hybridized carbons (Fsp3) is 0.500. The van der Waals surface area contributed by atoms with Crippen LogP contribution in [0.2, 0.25) is 0 Å². The highest BCUT2D eigenvalue weighted by Gasteiger charge is 2.09. The Morgan fingerprint density at radius 3 is 2.82 bits per heavy atom. The molecule has 3 N–H and O–H groups in total. The quantitative estimate of drug-likeness (QED) is 0.761. The molecule has 1 aromatic heterocycles. The molecule has 94 valence electrons. The summed E-state index contributed by atoms with van der Waals surface area (Å²) >= 11 is 1.37. The Labute approximate surface area is 106 Å². The number of hydrogen-bond acceptors (Lipinski definition) is 4. The second kappa shape index (κ2) is 7.17. The van der Waals surface area contributed by atoms with Crippen LogP contribution in [0.25, 0.3) is 0 Å². The van der Waals surface area contributed by atoms with Gasteiger partial charge in [0, 0.05) is 12.2 Å². The van der Waals surface area contributed by atoms with E-state index < -0.39 is 0 Å². The van der Waals surface area contributed by atoms with E-state index >= 15 is 0 Å². The molecule has 5 heteroatoms. The third-order valence-corrected chi connectivity index (χ3v) is 3.51. The number of nitrogens with one attached hydrogen (secondary N) is 1. The Balaban J connectivity index is 2.41. The predicted molar refractivity (Wildman–Crippen MR) is 71.9 cm³/mol. The van der Waals surface area contributed by atoms with Crippen LogP contribution < -0.4 is 11.1 Å². The van der Waals surface area contributed by atoms with Gasteiger partial charge in [-0.1, -0.05) is 25.6 Å². The van der Waals surface area contributed by atoms with Crippen molar-refractivity contribution in [2.24, 2.45) is 0 Å². The molecule has 1 aromatic rings. The molecule has 0 bridgehead atoms. The Bertz CT molecular complexity index is 367. The zero-order valence-corrected chi connectivity index (χ0v) is 11.1. The van der Waals surface area contributed by atoms with E-state index in [0.29, 0.717) is 16.5 Å². The smallest absolute Gasteiger partial charge is 0.230 e. The number of pyridine rings is 1. The summed E-state index contributed by atoms with van der Waals surface area (Å²) in [4.78, 5) is 15.8. The minimum absolute atomic E-state index is 0.0359. The molecule has 17 heavy (non-hydrogen) atoms. The molecule has 0 spiro atoms. The summed E-state index contributed by atoms with van der Waals surface area (Å²) < 4.78 is 0. The number of hydrogen-bond donors (Lipinski definition) is 2. The third kappa shape index (κ3) is 4.65. The maximum atomic E-state index is 11.7. The number of anilines is 1. The fourth-order valence-electron chi connectivity index (χ4n) is 1.42. The highest BCUT2D eigenvalue weighted by Crippen LogP contribution is 2.21. The summed E-state index contributed by atoms with van der Waals surface area (Å²) in [6.07, 6.45) is 3.59. The van der Waals surface area contributed by atoms with E-state index in [-0.39, 0.29) is 11.9 Å². The summed E-state index contributed by atoms with van der Waals surface area (Å²) in [6.45, 7) is 4.14. The lowest BCUT2D eigenvalue weighted by Crippen LogP contribution is -2.35. The lowest BCUT2D eigenvalue weighted by Gasteiger charge is -2.14. The molecule has 0 atom stereocenters. The van der Waals surface area contributed by atoms with Crippen molar-refractivity contribution in [2.75, 3.05) is 11.5 Å². The van der Waals surface area contributed by atoms with E-state index in [1.807, 2.05) is 0 Å². The van der Waals surface area contributed by atoms with E-state index in [0.717, 1.165) is 12.8 Å². The molecule has 0 saturated carbocycles. The van der Waals surface area contributed by atoms with Crippen molar-refractivity contribution in [1.82, 2.24) is 10.3 Å². The SMILES string of the molecule is CCC(CC)NC(=O)CSc1ncccc1N. The van der Waals surface area contributed by atoms with Crippen LogP contribution >= 0.6 is 11.8 Å². The van der Waals surface area contributed by atoms with E-state index in [1.165, 1.54) is 11.8 Å². The summed E-state index contributed by atoms with van der Waals surface area (Å²) in [7, 11) is 0. The van der Waals surface area contributed by atoms with Gasteiger partial charge in [-0.3, -0.25) is 4.79 Å². The average Bonchev–Trinajstić information content (AvgIpc) is 2.35. The average molecular weight is 253 g/mol. The summed E-state index contributed by atoms with van der Waals surface area (Å²) in [5.74, 6) is 0.395. The summed E-state index contributed by atoms with van der Waals surface area (Å²) in [6, 6.07) is 3.84. The molecule has 0 unspecified atom stereocenters. The molecule has 0 aromatic carbocycles. The molecular weight excluding hydrogens is 234 g/mol. The number of nitrogens with two attached hydrogens (primary N) is 1. The molecule has 0 radical (unpaired) electrons. The lowest BCUT2D eigenvalue weighted by atomic mass is 10.2. The minimum atomic E-state index is 0.0359. The minimum Gasteiger partial charge on any atom is -0.397 e. The van der Waals surface area contributed by atoms with Crippen molar-refractivity contribution < 1.29 is 4.79 Å². The maximum Gasteiger partial charge on any atom is 0.230 e. The van der Waals surface area contributed by atoms with Gasteiger partial charge in [-0.25, -0.2) is 4.98 Å². The number of amides is 1. The predicted octanol–water partition coefficient (Wildman–Crippen LogP) is 2.06. The van der Waals surface area contributed by atoms with Crippen molar-refractivity contribution in [3.8, 4) is 0 Å². The van der Waals surface area contributed by atoms with Crippen LogP contribution in [0.4, 0.5) is 5.69 Å². The van der Waals surface area contributed by atoms with Crippen LogP contribution in [0.3, 0.4) is 0 Å². The van der Waals surface area contributed by atoms with Gasteiger partial charge in [0.15, 0.2) is 0 Å². The molecule has 0 aliphatic heterocycles. The first-order chi connectivity index (χ1) is 8.17. The summed E-state index contributed by atoms with van der Waals surface area (Å²) in [5, 5.41) is 3.69. The molecule has 0 aliphatic rings. The van der Waals surface area contributed by atoms with Crippen molar-refractivity contribution >= 4 is 23.4 Å². The van der Waals surface area contributed by atoms with Gasteiger partial charge in [-0.05, 0) is 25.0 Å². The second-order valence-electron chi connectivity index (χ2n) is 3.77. The maximum absolute atomic E-state index is 11.7. The zero-order valence-electron chi connectivity index (χ0n) is 10.3. The molecule has 0 saturated heterocycles. The van der Waals surface area contributed by atoms with Crippen LogP contribution in [-0.2, 0) is 4.79 Å². The second-order valence-corrected chi connectivity index (χ2v) is 4.73. The largest absolute Gasteiger partial charge is 0.397 e. The number of thioether (sulfide) groups is 1. The van der Waals surface area contributed by atoms with Gasteiger partial charge in [-0.2, -0.15) is 0 Å². The van der Waals surface area contributed by atoms with Gasteiger partial charge in [0.2, 0.25) is 5.91 Å². The lowest BCUT2D eigenvalue weighted by molar-refractivity contribution is -0.119. The molecule has 4 nitrogen and oxygen atoms in total. The Kier molecular flexibility index (Phi) is 5.83. The van der Waals surface area contributed by atoms with Gasteiger partial charge in [0.05, 0.1) is 11.4 Å². The van der Waals surface area contributed by atoms with Gasteiger partial charge in [-0.15, -0.1) is 0 Å². The number of rotatable bonds is 6. The van der Waals surface area contributed by atoms with Crippen molar-refractivity contribution in [2.45, 2.75) is 37.8 Å². The first kappa shape index (κ1) is 13.8. The third-order valence-electron chi connectivity index (χ3n) is 2.49. The number of nitrogens with zero attached hydrogens (tertiary/aromatic N) is 1. The van der Waals surface area contributed by atoms with E-state index in [2.05, 4.69) is 24.1 Å².